The molecule has 0 radical (unpaired) electrons. The van der Waals surface area contributed by atoms with Gasteiger partial charge in [0.05, 0.1) is 10.6 Å². The molecule has 0 aliphatic carbocycles. The number of rotatable bonds is 5. The van der Waals surface area contributed by atoms with Crippen LogP contribution >= 0.6 is 11.3 Å². The van der Waals surface area contributed by atoms with Crippen molar-refractivity contribution in [1.29, 1.82) is 0 Å². The number of hydrogen-bond donors (Lipinski definition) is 0. The summed E-state index contributed by atoms with van der Waals surface area (Å²) in [5.41, 5.74) is 4.18. The van der Waals surface area contributed by atoms with Crippen molar-refractivity contribution in [3.05, 3.63) is 82.0 Å². The van der Waals surface area contributed by atoms with Gasteiger partial charge in [0.15, 0.2) is 0 Å². The zero-order valence-corrected chi connectivity index (χ0v) is 16.2. The number of aliphatic imine (C=N–C) groups is 1. The lowest BCUT2D eigenvalue weighted by Gasteiger charge is -2.15. The number of benzene rings is 2. The predicted octanol–water partition coefficient (Wildman–Crippen LogP) is 5.70. The molecule has 2 aromatic carbocycles. The minimum atomic E-state index is -1.19. The Kier molecular flexibility index (Phi) is 5.28. The molecule has 1 heterocycles. The highest BCUT2D eigenvalue weighted by Crippen LogP contribution is 2.33. The van der Waals surface area contributed by atoms with Crippen LogP contribution in [0.1, 0.15) is 17.4 Å². The first-order valence-electron chi connectivity index (χ1n) is 8.09. The number of nitrogens with zero attached hydrogens (tertiary/aromatic N) is 1. The van der Waals surface area contributed by atoms with E-state index in [1.165, 1.54) is 0 Å². The zero-order valence-electron chi connectivity index (χ0n) is 15.2. The summed E-state index contributed by atoms with van der Waals surface area (Å²) in [7, 11) is -1.19. The molecule has 122 valence electrons. The maximum Gasteiger partial charge on any atom is 1.00 e. The highest BCUT2D eigenvalue weighted by Gasteiger charge is 2.13. The van der Waals surface area contributed by atoms with Gasteiger partial charge in [0, 0.05) is 5.56 Å². The van der Waals surface area contributed by atoms with Gasteiger partial charge in [-0.1, -0.05) is 48.5 Å². The van der Waals surface area contributed by atoms with Gasteiger partial charge >= 0.3 is 1.43 Å². The first-order chi connectivity index (χ1) is 11.6. The molecule has 0 bridgehead atoms. The minimum Gasteiger partial charge on any atom is -0.546 e. The SMILES string of the molecule is Cc1cccc(O[SiH](C)C)c1N=C(c1ccccc1)c1cccs1.[H+]. The molecular formula is C20H22NOSSi+. The van der Waals surface area contributed by atoms with Crippen LogP contribution in [0.3, 0.4) is 0 Å². The van der Waals surface area contributed by atoms with E-state index in [0.29, 0.717) is 0 Å². The second kappa shape index (κ2) is 7.60. The highest BCUT2D eigenvalue weighted by molar-refractivity contribution is 7.12. The van der Waals surface area contributed by atoms with Gasteiger partial charge in [-0.2, -0.15) is 0 Å². The molecule has 0 amide bonds. The van der Waals surface area contributed by atoms with Crippen LogP contribution in [0.15, 0.2) is 71.0 Å². The van der Waals surface area contributed by atoms with Crippen molar-refractivity contribution in [2.45, 2.75) is 20.0 Å². The summed E-state index contributed by atoms with van der Waals surface area (Å²) in [5, 5.41) is 2.09. The third-order valence-corrected chi connectivity index (χ3v) is 5.19. The van der Waals surface area contributed by atoms with Crippen LogP contribution < -0.4 is 4.43 Å². The fourth-order valence-electron chi connectivity index (χ4n) is 2.51. The molecule has 0 spiro atoms. The predicted molar refractivity (Wildman–Crippen MR) is 108 cm³/mol. The van der Waals surface area contributed by atoms with Crippen LogP contribution in [-0.4, -0.2) is 14.8 Å². The summed E-state index contributed by atoms with van der Waals surface area (Å²) >= 11 is 1.71. The molecule has 3 aromatic rings. The van der Waals surface area contributed by atoms with Crippen molar-refractivity contribution in [2.75, 3.05) is 0 Å². The smallest absolute Gasteiger partial charge is 0.546 e. The van der Waals surface area contributed by atoms with E-state index in [4.69, 9.17) is 9.42 Å². The van der Waals surface area contributed by atoms with Gasteiger partial charge in [0.2, 0.25) is 9.04 Å². The van der Waals surface area contributed by atoms with Crippen molar-refractivity contribution >= 4 is 31.8 Å². The van der Waals surface area contributed by atoms with Crippen molar-refractivity contribution < 1.29 is 5.85 Å². The Morgan fingerprint density at radius 1 is 1.00 bits per heavy atom. The lowest BCUT2D eigenvalue weighted by Crippen LogP contribution is -2.11. The standard InChI is InChI=1S/C20H21NOSSi/c1-15-9-7-12-17(22-24(2)3)19(15)21-20(18-13-8-14-23-18)16-10-5-4-6-11-16/h4-14,24H,1-3H3/p+1. The van der Waals surface area contributed by atoms with Crippen LogP contribution in [0.4, 0.5) is 5.69 Å². The molecule has 3 rings (SSSR count). The van der Waals surface area contributed by atoms with E-state index in [1.807, 2.05) is 18.2 Å². The van der Waals surface area contributed by atoms with Crippen LogP contribution in [0, 0.1) is 6.92 Å². The molecule has 24 heavy (non-hydrogen) atoms. The minimum absolute atomic E-state index is 0. The van der Waals surface area contributed by atoms with Gasteiger partial charge in [0.1, 0.15) is 11.4 Å². The van der Waals surface area contributed by atoms with Crippen LogP contribution in [-0.2, 0) is 0 Å². The lowest BCUT2D eigenvalue weighted by atomic mass is 10.1. The van der Waals surface area contributed by atoms with Gasteiger partial charge in [-0.3, -0.25) is 0 Å². The Balaban J connectivity index is 0.00000225. The van der Waals surface area contributed by atoms with Crippen molar-refractivity contribution in [1.82, 2.24) is 0 Å². The molecule has 0 fully saturated rings. The third-order valence-electron chi connectivity index (χ3n) is 3.59. The number of para-hydroxylation sites is 1. The monoisotopic (exact) mass is 352 g/mol. The molecule has 0 unspecified atom stereocenters. The maximum atomic E-state index is 6.12. The maximum absolute atomic E-state index is 6.12. The van der Waals surface area contributed by atoms with Gasteiger partial charge < -0.3 is 4.43 Å². The zero-order chi connectivity index (χ0) is 16.9. The number of hydrogen-bond acceptors (Lipinski definition) is 3. The van der Waals surface area contributed by atoms with Gasteiger partial charge in [-0.15, -0.1) is 11.3 Å². The Labute approximate surface area is 150 Å². The van der Waals surface area contributed by atoms with E-state index >= 15 is 0 Å². The topological polar surface area (TPSA) is 21.6 Å². The van der Waals surface area contributed by atoms with Crippen LogP contribution in [0.5, 0.6) is 5.75 Å². The molecule has 0 saturated heterocycles. The Bertz CT molecular complexity index is 832. The molecule has 0 atom stereocenters. The lowest BCUT2D eigenvalue weighted by molar-refractivity contribution is 0.581. The number of aryl methyl sites for hydroxylation is 1. The second-order valence-corrected chi connectivity index (χ2v) is 9.17. The average Bonchev–Trinajstić information content (AvgIpc) is 3.09. The summed E-state index contributed by atoms with van der Waals surface area (Å²) in [4.78, 5) is 6.21. The van der Waals surface area contributed by atoms with Gasteiger partial charge in [-0.05, 0) is 43.1 Å². The van der Waals surface area contributed by atoms with Crippen molar-refractivity contribution in [3.8, 4) is 5.75 Å². The fraction of sp³-hybridized carbons (Fsp3) is 0.150. The Morgan fingerprint density at radius 2 is 1.79 bits per heavy atom. The van der Waals surface area contributed by atoms with Crippen molar-refractivity contribution in [3.63, 3.8) is 0 Å². The van der Waals surface area contributed by atoms with Crippen LogP contribution in [0.25, 0.3) is 0 Å². The summed E-state index contributed by atoms with van der Waals surface area (Å²) in [6.07, 6.45) is 0. The number of thiophene rings is 1. The highest BCUT2D eigenvalue weighted by atomic mass is 32.1. The third kappa shape index (κ3) is 3.83. The Morgan fingerprint density at radius 3 is 2.46 bits per heavy atom. The fourth-order valence-corrected chi connectivity index (χ4v) is 3.94. The molecule has 0 aliphatic heterocycles. The average molecular weight is 353 g/mol. The normalized spacial score (nSPS) is 11.8. The van der Waals surface area contributed by atoms with E-state index in [9.17, 15) is 0 Å². The summed E-state index contributed by atoms with van der Waals surface area (Å²) in [6.45, 7) is 6.44. The molecule has 0 N–H and O–H groups in total. The first-order valence-corrected chi connectivity index (χ1v) is 11.8. The molecule has 4 heteroatoms. The van der Waals surface area contributed by atoms with E-state index in [0.717, 1.165) is 33.2 Å². The molecular weight excluding hydrogens is 330 g/mol. The molecule has 0 saturated carbocycles. The van der Waals surface area contributed by atoms with Crippen molar-refractivity contribution in [2.24, 2.45) is 4.99 Å². The van der Waals surface area contributed by atoms with E-state index in [1.54, 1.807) is 11.3 Å². The Hall–Kier alpha value is -2.17. The van der Waals surface area contributed by atoms with E-state index in [-0.39, 0.29) is 1.43 Å². The molecule has 1 aromatic heterocycles. The van der Waals surface area contributed by atoms with E-state index < -0.39 is 9.04 Å². The van der Waals surface area contributed by atoms with Gasteiger partial charge in [-0.25, -0.2) is 4.99 Å². The first kappa shape index (κ1) is 16.7. The van der Waals surface area contributed by atoms with E-state index in [2.05, 4.69) is 67.9 Å². The quantitative estimate of drug-likeness (QED) is 0.426. The molecule has 0 aliphatic rings. The summed E-state index contributed by atoms with van der Waals surface area (Å²) in [6, 6.07) is 20.7. The van der Waals surface area contributed by atoms with Gasteiger partial charge in [0.25, 0.3) is 0 Å². The molecule has 2 nitrogen and oxygen atoms in total. The largest absolute Gasteiger partial charge is 1.00 e. The second-order valence-electron chi connectivity index (χ2n) is 5.89. The van der Waals surface area contributed by atoms with Crippen LogP contribution in [0.2, 0.25) is 13.1 Å². The summed E-state index contributed by atoms with van der Waals surface area (Å²) in [5.74, 6) is 0.890. The summed E-state index contributed by atoms with van der Waals surface area (Å²) < 4.78 is 6.12.